The van der Waals surface area contributed by atoms with Gasteiger partial charge >= 0.3 is 0 Å². The summed E-state index contributed by atoms with van der Waals surface area (Å²) in [6, 6.07) is 0.227. The Balaban J connectivity index is 2.24. The second-order valence-corrected chi connectivity index (χ2v) is 3.78. The van der Waals surface area contributed by atoms with Crippen LogP contribution in [-0.2, 0) is 9.47 Å². The minimum atomic E-state index is 0.227. The molecule has 78 valence electrons. The van der Waals surface area contributed by atoms with Gasteiger partial charge in [0.05, 0.1) is 19.3 Å². The maximum atomic E-state index is 5.51. The highest BCUT2D eigenvalue weighted by molar-refractivity contribution is 4.77. The summed E-state index contributed by atoms with van der Waals surface area (Å²) in [5, 5.41) is 0. The first-order valence-electron chi connectivity index (χ1n) is 4.89. The Kier molecular flexibility index (Phi) is 4.66. The summed E-state index contributed by atoms with van der Waals surface area (Å²) >= 11 is 0. The Labute approximate surface area is 79.7 Å². The third-order valence-electron chi connectivity index (χ3n) is 2.36. The van der Waals surface area contributed by atoms with Crippen LogP contribution in [0.15, 0.2) is 0 Å². The topological polar surface area (TPSA) is 56.5 Å². The summed E-state index contributed by atoms with van der Waals surface area (Å²) in [6.45, 7) is 6.38. The number of nitrogens with two attached hydrogens (primary N) is 1. The maximum Gasteiger partial charge on any atom is 0.0640 e. The van der Waals surface area contributed by atoms with Gasteiger partial charge in [-0.1, -0.05) is 0 Å². The van der Waals surface area contributed by atoms with Gasteiger partial charge in [0.15, 0.2) is 0 Å². The van der Waals surface area contributed by atoms with E-state index in [1.165, 1.54) is 0 Å². The van der Waals surface area contributed by atoms with Gasteiger partial charge in [0.2, 0.25) is 0 Å². The van der Waals surface area contributed by atoms with Crippen molar-refractivity contribution in [2.75, 3.05) is 19.8 Å². The quantitative estimate of drug-likeness (QED) is 0.480. The van der Waals surface area contributed by atoms with E-state index in [2.05, 4.69) is 5.43 Å². The molecular formula is C9H20N2O2. The molecule has 1 aliphatic heterocycles. The predicted molar refractivity (Wildman–Crippen MR) is 51.1 cm³/mol. The van der Waals surface area contributed by atoms with Crippen LogP contribution < -0.4 is 11.3 Å². The summed E-state index contributed by atoms with van der Waals surface area (Å²) in [5.41, 5.74) is 2.79. The molecule has 0 aromatic carbocycles. The van der Waals surface area contributed by atoms with E-state index in [1.54, 1.807) is 0 Å². The lowest BCUT2D eigenvalue weighted by molar-refractivity contribution is 0.0459. The summed E-state index contributed by atoms with van der Waals surface area (Å²) < 4.78 is 10.8. The van der Waals surface area contributed by atoms with E-state index in [0.717, 1.165) is 19.6 Å². The van der Waals surface area contributed by atoms with E-state index < -0.39 is 0 Å². The van der Waals surface area contributed by atoms with Crippen molar-refractivity contribution in [1.29, 1.82) is 0 Å². The van der Waals surface area contributed by atoms with Gasteiger partial charge < -0.3 is 9.47 Å². The molecule has 0 amide bonds. The molecule has 2 atom stereocenters. The molecule has 2 unspecified atom stereocenters. The lowest BCUT2D eigenvalue weighted by Gasteiger charge is -2.22. The lowest BCUT2D eigenvalue weighted by Crippen LogP contribution is -2.44. The van der Waals surface area contributed by atoms with Gasteiger partial charge in [-0.05, 0) is 20.3 Å². The molecule has 4 heteroatoms. The zero-order valence-electron chi connectivity index (χ0n) is 8.45. The highest BCUT2D eigenvalue weighted by Crippen LogP contribution is 2.16. The van der Waals surface area contributed by atoms with E-state index >= 15 is 0 Å². The number of rotatable bonds is 5. The van der Waals surface area contributed by atoms with Crippen molar-refractivity contribution < 1.29 is 9.47 Å². The fourth-order valence-corrected chi connectivity index (χ4v) is 1.49. The molecule has 3 N–H and O–H groups in total. The summed E-state index contributed by atoms with van der Waals surface area (Å²) in [5.74, 6) is 5.96. The molecule has 0 radical (unpaired) electrons. The molecule has 1 fully saturated rings. The first kappa shape index (κ1) is 10.9. The van der Waals surface area contributed by atoms with E-state index in [1.807, 2.05) is 13.8 Å². The van der Waals surface area contributed by atoms with Crippen LogP contribution in [0.3, 0.4) is 0 Å². The molecule has 0 aromatic heterocycles. The molecule has 0 aromatic rings. The van der Waals surface area contributed by atoms with Crippen molar-refractivity contribution in [3.8, 4) is 0 Å². The summed E-state index contributed by atoms with van der Waals surface area (Å²) in [7, 11) is 0. The minimum Gasteiger partial charge on any atom is -0.381 e. The predicted octanol–water partition coefficient (Wildman–Crippen LogP) is 0.280. The molecule has 1 aliphatic rings. The van der Waals surface area contributed by atoms with Gasteiger partial charge in [0.1, 0.15) is 0 Å². The molecule has 0 saturated carbocycles. The maximum absolute atomic E-state index is 5.51. The fraction of sp³-hybridized carbons (Fsp3) is 1.00. The van der Waals surface area contributed by atoms with Crippen LogP contribution in [0, 0.1) is 5.92 Å². The Morgan fingerprint density at radius 2 is 2.38 bits per heavy atom. The van der Waals surface area contributed by atoms with Crippen molar-refractivity contribution in [2.45, 2.75) is 32.4 Å². The number of hydrogen-bond acceptors (Lipinski definition) is 4. The van der Waals surface area contributed by atoms with Crippen LogP contribution >= 0.6 is 0 Å². The Hall–Kier alpha value is -0.160. The number of hydrazine groups is 1. The highest BCUT2D eigenvalue weighted by atomic mass is 16.5. The largest absolute Gasteiger partial charge is 0.381 e. The van der Waals surface area contributed by atoms with E-state index in [-0.39, 0.29) is 12.1 Å². The van der Waals surface area contributed by atoms with Crippen LogP contribution in [0.5, 0.6) is 0 Å². The SMILES string of the molecule is CC(C)OCC(NN)C1CCOC1. The highest BCUT2D eigenvalue weighted by Gasteiger charge is 2.25. The van der Waals surface area contributed by atoms with Crippen LogP contribution in [0.25, 0.3) is 0 Å². The minimum absolute atomic E-state index is 0.227. The molecular weight excluding hydrogens is 168 g/mol. The third-order valence-corrected chi connectivity index (χ3v) is 2.36. The average molecular weight is 188 g/mol. The van der Waals surface area contributed by atoms with Gasteiger partial charge in [0, 0.05) is 18.6 Å². The zero-order valence-corrected chi connectivity index (χ0v) is 8.45. The number of ether oxygens (including phenoxy) is 2. The second kappa shape index (κ2) is 5.54. The summed E-state index contributed by atoms with van der Waals surface area (Å²) in [4.78, 5) is 0. The van der Waals surface area contributed by atoms with Crippen molar-refractivity contribution in [3.05, 3.63) is 0 Å². The molecule has 13 heavy (non-hydrogen) atoms. The molecule has 1 heterocycles. The monoisotopic (exact) mass is 188 g/mol. The van der Waals surface area contributed by atoms with Crippen molar-refractivity contribution in [2.24, 2.45) is 11.8 Å². The van der Waals surface area contributed by atoms with Crippen LogP contribution in [0.2, 0.25) is 0 Å². The van der Waals surface area contributed by atoms with Crippen LogP contribution in [0.1, 0.15) is 20.3 Å². The first-order chi connectivity index (χ1) is 6.24. The third kappa shape index (κ3) is 3.60. The Morgan fingerprint density at radius 3 is 2.85 bits per heavy atom. The van der Waals surface area contributed by atoms with Crippen LogP contribution in [-0.4, -0.2) is 32.0 Å². The number of hydrogen-bond donors (Lipinski definition) is 2. The van der Waals surface area contributed by atoms with E-state index in [0.29, 0.717) is 12.5 Å². The smallest absolute Gasteiger partial charge is 0.0640 e. The Morgan fingerprint density at radius 1 is 1.62 bits per heavy atom. The number of nitrogens with one attached hydrogen (secondary N) is 1. The van der Waals surface area contributed by atoms with E-state index in [9.17, 15) is 0 Å². The standard InChI is InChI=1S/C9H20N2O2/c1-7(2)13-6-9(11-10)8-3-4-12-5-8/h7-9,11H,3-6,10H2,1-2H3. The molecule has 0 bridgehead atoms. The second-order valence-electron chi connectivity index (χ2n) is 3.78. The fourth-order valence-electron chi connectivity index (χ4n) is 1.49. The van der Waals surface area contributed by atoms with Crippen LogP contribution in [0.4, 0.5) is 0 Å². The first-order valence-corrected chi connectivity index (χ1v) is 4.89. The normalized spacial score (nSPS) is 25.4. The van der Waals surface area contributed by atoms with Crippen molar-refractivity contribution in [3.63, 3.8) is 0 Å². The molecule has 1 saturated heterocycles. The van der Waals surface area contributed by atoms with E-state index in [4.69, 9.17) is 15.3 Å². The molecule has 4 nitrogen and oxygen atoms in total. The average Bonchev–Trinajstić information content (AvgIpc) is 2.58. The summed E-state index contributed by atoms with van der Waals surface area (Å²) in [6.07, 6.45) is 1.34. The molecule has 0 aliphatic carbocycles. The molecule has 1 rings (SSSR count). The Bertz CT molecular complexity index is 136. The van der Waals surface area contributed by atoms with Crippen molar-refractivity contribution in [1.82, 2.24) is 5.43 Å². The molecule has 0 spiro atoms. The van der Waals surface area contributed by atoms with Gasteiger partial charge in [-0.3, -0.25) is 11.3 Å². The lowest BCUT2D eigenvalue weighted by atomic mass is 10.0. The zero-order chi connectivity index (χ0) is 9.68. The van der Waals surface area contributed by atoms with Gasteiger partial charge in [-0.25, -0.2) is 0 Å². The van der Waals surface area contributed by atoms with Gasteiger partial charge in [-0.15, -0.1) is 0 Å². The van der Waals surface area contributed by atoms with Crippen molar-refractivity contribution >= 4 is 0 Å². The van der Waals surface area contributed by atoms with Gasteiger partial charge in [0.25, 0.3) is 0 Å². The van der Waals surface area contributed by atoms with Gasteiger partial charge in [-0.2, -0.15) is 0 Å².